The van der Waals surface area contributed by atoms with Crippen molar-refractivity contribution in [3.05, 3.63) is 0 Å². The Morgan fingerprint density at radius 3 is 2.65 bits per heavy atom. The lowest BCUT2D eigenvalue weighted by Gasteiger charge is -2.34. The van der Waals surface area contributed by atoms with Crippen LogP contribution in [0.3, 0.4) is 0 Å². The number of ether oxygens (including phenoxy) is 1. The summed E-state index contributed by atoms with van der Waals surface area (Å²) in [7, 11) is 0. The Hall–Kier alpha value is -1.34. The molecule has 7 heteroatoms. The molecule has 1 amide bonds. The zero-order valence-corrected chi connectivity index (χ0v) is 14.5. The van der Waals surface area contributed by atoms with Crippen LogP contribution in [-0.4, -0.2) is 86.7 Å². The Labute approximate surface area is 139 Å². The molecule has 0 bridgehead atoms. The van der Waals surface area contributed by atoms with E-state index in [0.29, 0.717) is 0 Å². The Morgan fingerprint density at radius 2 is 2.04 bits per heavy atom. The van der Waals surface area contributed by atoms with E-state index in [1.807, 2.05) is 4.90 Å². The average Bonchev–Trinajstić information content (AvgIpc) is 3.06. The summed E-state index contributed by atoms with van der Waals surface area (Å²) in [5.41, 5.74) is 0. The molecule has 2 rings (SSSR count). The smallest absolute Gasteiger partial charge is 0.219 e. The summed E-state index contributed by atoms with van der Waals surface area (Å²) in [4.78, 5) is 20.2. The van der Waals surface area contributed by atoms with Crippen molar-refractivity contribution in [1.82, 2.24) is 20.4 Å². The lowest BCUT2D eigenvalue weighted by molar-refractivity contribution is -0.130. The van der Waals surface area contributed by atoms with Crippen molar-refractivity contribution in [2.75, 3.05) is 59.0 Å². The van der Waals surface area contributed by atoms with E-state index in [-0.39, 0.29) is 12.0 Å². The predicted molar refractivity (Wildman–Crippen MR) is 91.6 cm³/mol. The Balaban J connectivity index is 1.65. The van der Waals surface area contributed by atoms with E-state index >= 15 is 0 Å². The highest BCUT2D eigenvalue weighted by Crippen LogP contribution is 2.11. The number of guanidine groups is 1. The number of nitrogens with zero attached hydrogens (tertiary/aromatic N) is 3. The molecule has 2 aliphatic rings. The SMILES string of the molecule is CCNC(=NCC1CCCO1)NCCN1CCN(C(C)=O)CC1. The first-order valence-corrected chi connectivity index (χ1v) is 8.80. The molecule has 1 unspecified atom stereocenters. The number of aliphatic imine (C=N–C) groups is 1. The van der Waals surface area contributed by atoms with Crippen LogP contribution < -0.4 is 10.6 Å². The van der Waals surface area contributed by atoms with Crippen LogP contribution in [0.1, 0.15) is 26.7 Å². The molecule has 0 aromatic heterocycles. The van der Waals surface area contributed by atoms with E-state index in [1.165, 1.54) is 0 Å². The molecular weight excluding hydrogens is 294 g/mol. The quantitative estimate of drug-likeness (QED) is 0.527. The number of hydrogen-bond acceptors (Lipinski definition) is 4. The fraction of sp³-hybridized carbons (Fsp3) is 0.875. The highest BCUT2D eigenvalue weighted by molar-refractivity contribution is 5.79. The van der Waals surface area contributed by atoms with Crippen LogP contribution in [0.25, 0.3) is 0 Å². The third-order valence-corrected chi connectivity index (χ3v) is 4.36. The molecule has 2 saturated heterocycles. The second-order valence-corrected chi connectivity index (χ2v) is 6.13. The number of nitrogens with one attached hydrogen (secondary N) is 2. The van der Waals surface area contributed by atoms with Crippen LogP contribution in [0.5, 0.6) is 0 Å². The standard InChI is InChI=1S/C16H31N5O2/c1-3-17-16(19-13-15-5-4-12-23-15)18-6-7-20-8-10-21(11-9-20)14(2)22/h15H,3-13H2,1-2H3,(H2,17,18,19). The number of hydrogen-bond donors (Lipinski definition) is 2. The lowest BCUT2D eigenvalue weighted by atomic mass is 10.2. The summed E-state index contributed by atoms with van der Waals surface area (Å²) in [6.45, 7) is 11.6. The van der Waals surface area contributed by atoms with Crippen molar-refractivity contribution in [3.8, 4) is 0 Å². The van der Waals surface area contributed by atoms with Gasteiger partial charge in [-0.1, -0.05) is 0 Å². The number of rotatable bonds is 6. The van der Waals surface area contributed by atoms with E-state index < -0.39 is 0 Å². The molecule has 0 radical (unpaired) electrons. The summed E-state index contributed by atoms with van der Waals surface area (Å²) in [6.07, 6.45) is 2.55. The normalized spacial score (nSPS) is 23.1. The van der Waals surface area contributed by atoms with Crippen LogP contribution in [0.15, 0.2) is 4.99 Å². The minimum atomic E-state index is 0.179. The topological polar surface area (TPSA) is 69.2 Å². The molecule has 132 valence electrons. The van der Waals surface area contributed by atoms with Crippen molar-refractivity contribution in [2.45, 2.75) is 32.8 Å². The highest BCUT2D eigenvalue weighted by Gasteiger charge is 2.18. The van der Waals surface area contributed by atoms with Gasteiger partial charge in [0.05, 0.1) is 12.6 Å². The fourth-order valence-corrected chi connectivity index (χ4v) is 2.94. The predicted octanol–water partition coefficient (Wildman–Crippen LogP) is -0.115. The Bertz CT molecular complexity index is 388. The maximum atomic E-state index is 11.3. The molecule has 2 heterocycles. The van der Waals surface area contributed by atoms with Crippen molar-refractivity contribution in [3.63, 3.8) is 0 Å². The molecule has 2 aliphatic heterocycles. The highest BCUT2D eigenvalue weighted by atomic mass is 16.5. The maximum Gasteiger partial charge on any atom is 0.219 e. The number of piperazine rings is 1. The van der Waals surface area contributed by atoms with Crippen LogP contribution in [-0.2, 0) is 9.53 Å². The van der Waals surface area contributed by atoms with Crippen LogP contribution in [0, 0.1) is 0 Å². The number of amides is 1. The fourth-order valence-electron chi connectivity index (χ4n) is 2.94. The monoisotopic (exact) mass is 325 g/mol. The van der Waals surface area contributed by atoms with E-state index in [4.69, 9.17) is 4.74 Å². The second-order valence-electron chi connectivity index (χ2n) is 6.13. The van der Waals surface area contributed by atoms with Crippen molar-refractivity contribution < 1.29 is 9.53 Å². The molecule has 23 heavy (non-hydrogen) atoms. The van der Waals surface area contributed by atoms with Gasteiger partial charge in [0, 0.05) is 59.3 Å². The summed E-state index contributed by atoms with van der Waals surface area (Å²) < 4.78 is 5.61. The molecule has 0 aliphatic carbocycles. The van der Waals surface area contributed by atoms with Crippen LogP contribution in [0.4, 0.5) is 0 Å². The second kappa shape index (κ2) is 9.72. The molecular formula is C16H31N5O2. The zero-order valence-electron chi connectivity index (χ0n) is 14.5. The summed E-state index contributed by atoms with van der Waals surface area (Å²) in [6, 6.07) is 0. The first-order chi connectivity index (χ1) is 11.2. The first-order valence-electron chi connectivity index (χ1n) is 8.80. The maximum absolute atomic E-state index is 11.3. The van der Waals surface area contributed by atoms with Gasteiger partial charge in [-0.15, -0.1) is 0 Å². The average molecular weight is 325 g/mol. The van der Waals surface area contributed by atoms with Gasteiger partial charge in [0.25, 0.3) is 0 Å². The van der Waals surface area contributed by atoms with Gasteiger partial charge in [-0.3, -0.25) is 14.7 Å². The third kappa shape index (κ3) is 6.35. The molecule has 0 aromatic rings. The minimum absolute atomic E-state index is 0.179. The van der Waals surface area contributed by atoms with E-state index in [1.54, 1.807) is 6.92 Å². The molecule has 2 N–H and O–H groups in total. The van der Waals surface area contributed by atoms with Crippen LogP contribution in [0.2, 0.25) is 0 Å². The molecule has 1 atom stereocenters. The summed E-state index contributed by atoms with van der Waals surface area (Å²) >= 11 is 0. The van der Waals surface area contributed by atoms with Gasteiger partial charge in [0.1, 0.15) is 0 Å². The molecule has 7 nitrogen and oxygen atoms in total. The van der Waals surface area contributed by atoms with Crippen molar-refractivity contribution >= 4 is 11.9 Å². The van der Waals surface area contributed by atoms with Crippen molar-refractivity contribution in [2.24, 2.45) is 4.99 Å². The molecule has 2 fully saturated rings. The number of carbonyl (C=O) groups excluding carboxylic acids is 1. The van der Waals surface area contributed by atoms with E-state index in [2.05, 4.69) is 27.4 Å². The van der Waals surface area contributed by atoms with Crippen molar-refractivity contribution in [1.29, 1.82) is 0 Å². The third-order valence-electron chi connectivity index (χ3n) is 4.36. The molecule has 0 aromatic carbocycles. The Morgan fingerprint density at radius 1 is 1.26 bits per heavy atom. The lowest BCUT2D eigenvalue weighted by Crippen LogP contribution is -2.50. The number of carbonyl (C=O) groups is 1. The minimum Gasteiger partial charge on any atom is -0.376 e. The van der Waals surface area contributed by atoms with Gasteiger partial charge >= 0.3 is 0 Å². The van der Waals surface area contributed by atoms with Gasteiger partial charge in [0.15, 0.2) is 5.96 Å². The largest absolute Gasteiger partial charge is 0.376 e. The zero-order chi connectivity index (χ0) is 16.5. The van der Waals surface area contributed by atoms with Crippen LogP contribution >= 0.6 is 0 Å². The van der Waals surface area contributed by atoms with Gasteiger partial charge in [0.2, 0.25) is 5.91 Å². The van der Waals surface area contributed by atoms with Gasteiger partial charge in [-0.2, -0.15) is 0 Å². The summed E-state index contributed by atoms with van der Waals surface area (Å²) in [5, 5.41) is 6.67. The summed E-state index contributed by atoms with van der Waals surface area (Å²) in [5.74, 6) is 1.05. The van der Waals surface area contributed by atoms with Gasteiger partial charge in [-0.05, 0) is 19.8 Å². The van der Waals surface area contributed by atoms with Gasteiger partial charge < -0.3 is 20.3 Å². The Kier molecular flexibility index (Phi) is 7.61. The van der Waals surface area contributed by atoms with Gasteiger partial charge in [-0.25, -0.2) is 0 Å². The van der Waals surface area contributed by atoms with E-state index in [0.717, 1.165) is 77.8 Å². The molecule has 0 saturated carbocycles. The van der Waals surface area contributed by atoms with E-state index in [9.17, 15) is 4.79 Å². The first kappa shape index (κ1) is 18.0. The molecule has 0 spiro atoms.